The third kappa shape index (κ3) is 5.70. The summed E-state index contributed by atoms with van der Waals surface area (Å²) in [6, 6.07) is 8.02. The quantitative estimate of drug-likeness (QED) is 0.656. The maximum atomic E-state index is 13.0. The number of nitrogens with zero attached hydrogens (tertiary/aromatic N) is 4. The monoisotopic (exact) mass is 440 g/mol. The average Bonchev–Trinajstić information content (AvgIpc) is 2.79. The van der Waals surface area contributed by atoms with Crippen LogP contribution in [0, 0.1) is 11.8 Å². The van der Waals surface area contributed by atoms with Crippen molar-refractivity contribution in [3.63, 3.8) is 0 Å². The van der Waals surface area contributed by atoms with Gasteiger partial charge in [-0.3, -0.25) is 14.5 Å². The summed E-state index contributed by atoms with van der Waals surface area (Å²) < 4.78 is 6.04. The van der Waals surface area contributed by atoms with Crippen LogP contribution in [0.3, 0.4) is 0 Å². The largest absolute Gasteiger partial charge is 0.489 e. The van der Waals surface area contributed by atoms with E-state index in [1.807, 2.05) is 39.9 Å². The SMILES string of the molecule is CN1CCN(C(=O)C[C@@H]2CCN3C[C@@H]2C=CCOc2ccccc2CN(C)CC3=O)CC1. The Labute approximate surface area is 191 Å². The van der Waals surface area contributed by atoms with Gasteiger partial charge in [0.2, 0.25) is 11.8 Å². The number of likely N-dealkylation sites (N-methyl/N-ethyl adjacent to an activating group) is 2. The van der Waals surface area contributed by atoms with Crippen LogP contribution in [-0.4, -0.2) is 97.9 Å². The molecule has 1 aromatic rings. The van der Waals surface area contributed by atoms with Gasteiger partial charge in [-0.1, -0.05) is 30.4 Å². The highest BCUT2D eigenvalue weighted by molar-refractivity contribution is 5.79. The van der Waals surface area contributed by atoms with Gasteiger partial charge in [0.15, 0.2) is 0 Å². The minimum atomic E-state index is 0.160. The molecule has 3 aliphatic heterocycles. The average molecular weight is 441 g/mol. The second kappa shape index (κ2) is 10.5. The van der Waals surface area contributed by atoms with Crippen molar-refractivity contribution in [2.24, 2.45) is 11.8 Å². The normalized spacial score (nSPS) is 25.9. The molecule has 3 aliphatic rings. The second-order valence-electron chi connectivity index (χ2n) is 9.46. The van der Waals surface area contributed by atoms with E-state index < -0.39 is 0 Å². The van der Waals surface area contributed by atoms with Crippen LogP contribution in [0.15, 0.2) is 36.4 Å². The van der Waals surface area contributed by atoms with Gasteiger partial charge in [-0.2, -0.15) is 0 Å². The minimum Gasteiger partial charge on any atom is -0.489 e. The van der Waals surface area contributed by atoms with Crippen molar-refractivity contribution in [3.05, 3.63) is 42.0 Å². The van der Waals surface area contributed by atoms with Gasteiger partial charge in [0, 0.05) is 57.8 Å². The van der Waals surface area contributed by atoms with E-state index in [2.05, 4.69) is 30.2 Å². The molecule has 2 amide bonds. The zero-order valence-electron chi connectivity index (χ0n) is 19.4. The zero-order chi connectivity index (χ0) is 22.5. The number of piperidine rings is 1. The van der Waals surface area contributed by atoms with Gasteiger partial charge < -0.3 is 19.4 Å². The standard InChI is InChI=1S/C25H36N4O3/c1-26-11-13-28(14-12-26)24(30)16-20-9-10-29-18-21(20)7-5-15-32-23-8-4-3-6-22(23)17-27(2)19-25(29)31/h3-8,20-21H,9-19H2,1-2H3/t20-,21-/m0/s1. The fourth-order valence-electron chi connectivity index (χ4n) is 4.96. The number of fused-ring (bicyclic) bond motifs is 3. The van der Waals surface area contributed by atoms with Crippen molar-refractivity contribution in [2.45, 2.75) is 19.4 Å². The minimum absolute atomic E-state index is 0.160. The zero-order valence-corrected chi connectivity index (χ0v) is 19.4. The first-order valence-electron chi connectivity index (χ1n) is 11.8. The third-order valence-corrected chi connectivity index (χ3v) is 6.99. The summed E-state index contributed by atoms with van der Waals surface area (Å²) in [5, 5.41) is 0. The van der Waals surface area contributed by atoms with Gasteiger partial charge in [0.1, 0.15) is 12.4 Å². The van der Waals surface area contributed by atoms with Crippen LogP contribution in [-0.2, 0) is 16.1 Å². The Kier molecular flexibility index (Phi) is 7.48. The van der Waals surface area contributed by atoms with Crippen LogP contribution in [0.4, 0.5) is 0 Å². The van der Waals surface area contributed by atoms with Crippen molar-refractivity contribution in [2.75, 3.05) is 66.5 Å². The summed E-state index contributed by atoms with van der Waals surface area (Å²) in [6.45, 7) is 6.45. The van der Waals surface area contributed by atoms with Crippen LogP contribution in [0.2, 0.25) is 0 Å². The first-order chi connectivity index (χ1) is 15.5. The Morgan fingerprint density at radius 1 is 1.03 bits per heavy atom. The number of hydrogen-bond donors (Lipinski definition) is 0. The number of para-hydroxylation sites is 1. The maximum Gasteiger partial charge on any atom is 0.236 e. The number of amides is 2. The number of rotatable bonds is 2. The molecule has 2 fully saturated rings. The van der Waals surface area contributed by atoms with Crippen LogP contribution < -0.4 is 4.74 Å². The van der Waals surface area contributed by atoms with Crippen molar-refractivity contribution < 1.29 is 14.3 Å². The summed E-state index contributed by atoms with van der Waals surface area (Å²) in [7, 11) is 4.08. The topological polar surface area (TPSA) is 56.3 Å². The molecule has 32 heavy (non-hydrogen) atoms. The van der Waals surface area contributed by atoms with Gasteiger partial charge in [0.25, 0.3) is 0 Å². The maximum absolute atomic E-state index is 13.0. The summed E-state index contributed by atoms with van der Waals surface area (Å²) >= 11 is 0. The number of carbonyl (C=O) groups is 2. The predicted octanol–water partition coefficient (Wildman–Crippen LogP) is 1.70. The van der Waals surface area contributed by atoms with E-state index in [1.54, 1.807) is 0 Å². The predicted molar refractivity (Wildman–Crippen MR) is 124 cm³/mol. The molecule has 0 N–H and O–H groups in total. The highest BCUT2D eigenvalue weighted by Crippen LogP contribution is 2.29. The number of benzene rings is 1. The molecule has 0 spiro atoms. The van der Waals surface area contributed by atoms with Crippen LogP contribution in [0.25, 0.3) is 0 Å². The van der Waals surface area contributed by atoms with E-state index in [9.17, 15) is 9.59 Å². The fourth-order valence-corrected chi connectivity index (χ4v) is 4.96. The molecule has 2 atom stereocenters. The van der Waals surface area contributed by atoms with E-state index in [4.69, 9.17) is 4.74 Å². The Balaban J connectivity index is 1.46. The van der Waals surface area contributed by atoms with Crippen LogP contribution >= 0.6 is 0 Å². The summed E-state index contributed by atoms with van der Waals surface area (Å²) in [4.78, 5) is 34.3. The Morgan fingerprint density at radius 3 is 2.62 bits per heavy atom. The van der Waals surface area contributed by atoms with Gasteiger partial charge in [-0.05, 0) is 38.4 Å². The van der Waals surface area contributed by atoms with Gasteiger partial charge >= 0.3 is 0 Å². The van der Waals surface area contributed by atoms with Crippen molar-refractivity contribution in [1.29, 1.82) is 0 Å². The molecule has 0 aromatic heterocycles. The van der Waals surface area contributed by atoms with E-state index >= 15 is 0 Å². The molecule has 0 saturated carbocycles. The first kappa shape index (κ1) is 22.8. The molecule has 1 aromatic carbocycles. The van der Waals surface area contributed by atoms with Crippen LogP contribution in [0.1, 0.15) is 18.4 Å². The molecular weight excluding hydrogens is 404 g/mol. The second-order valence-corrected chi connectivity index (χ2v) is 9.46. The lowest BCUT2D eigenvalue weighted by Gasteiger charge is -2.39. The number of hydrogen-bond acceptors (Lipinski definition) is 5. The Morgan fingerprint density at radius 2 is 1.81 bits per heavy atom. The molecule has 0 unspecified atom stereocenters. The van der Waals surface area contributed by atoms with Crippen molar-refractivity contribution in [3.8, 4) is 5.75 Å². The molecule has 0 aliphatic carbocycles. The van der Waals surface area contributed by atoms with E-state index in [1.165, 1.54) is 0 Å². The molecule has 3 heterocycles. The van der Waals surface area contributed by atoms with Crippen LogP contribution in [0.5, 0.6) is 5.75 Å². The highest BCUT2D eigenvalue weighted by atomic mass is 16.5. The molecule has 174 valence electrons. The first-order valence-corrected chi connectivity index (χ1v) is 11.8. The van der Waals surface area contributed by atoms with Crippen molar-refractivity contribution >= 4 is 11.8 Å². The molecule has 7 nitrogen and oxygen atoms in total. The number of carbonyl (C=O) groups excluding carboxylic acids is 2. The lowest BCUT2D eigenvalue weighted by atomic mass is 9.82. The molecule has 7 heteroatoms. The smallest absolute Gasteiger partial charge is 0.236 e. The van der Waals surface area contributed by atoms with E-state index in [-0.39, 0.29) is 23.7 Å². The van der Waals surface area contributed by atoms with E-state index in [0.29, 0.717) is 32.7 Å². The fraction of sp³-hybridized carbons (Fsp3) is 0.600. The summed E-state index contributed by atoms with van der Waals surface area (Å²) in [5.41, 5.74) is 1.09. The lowest BCUT2D eigenvalue weighted by Crippen LogP contribution is -2.49. The van der Waals surface area contributed by atoms with Gasteiger partial charge in [0.05, 0.1) is 6.54 Å². The number of ether oxygens (including phenoxy) is 1. The summed E-state index contributed by atoms with van der Waals surface area (Å²) in [6.07, 6.45) is 5.66. The van der Waals surface area contributed by atoms with E-state index in [0.717, 1.165) is 50.5 Å². The lowest BCUT2D eigenvalue weighted by molar-refractivity contribution is -0.136. The molecule has 0 radical (unpaired) electrons. The molecule has 4 rings (SSSR count). The third-order valence-electron chi connectivity index (χ3n) is 6.99. The van der Waals surface area contributed by atoms with Crippen molar-refractivity contribution in [1.82, 2.24) is 19.6 Å². The molecular formula is C25H36N4O3. The molecule has 2 saturated heterocycles. The Bertz CT molecular complexity index is 834. The molecule has 2 bridgehead atoms. The highest BCUT2D eigenvalue weighted by Gasteiger charge is 2.33. The Hall–Kier alpha value is -2.38. The number of piperazine rings is 1. The van der Waals surface area contributed by atoms with Gasteiger partial charge in [-0.15, -0.1) is 0 Å². The summed E-state index contributed by atoms with van der Waals surface area (Å²) in [5.74, 6) is 1.71. The van der Waals surface area contributed by atoms with Gasteiger partial charge in [-0.25, -0.2) is 0 Å².